The average Bonchev–Trinajstić information content (AvgIpc) is 3.37. The Labute approximate surface area is 216 Å². The third-order valence-corrected chi connectivity index (χ3v) is 6.91. The molecule has 0 bridgehead atoms. The van der Waals surface area contributed by atoms with Crippen LogP contribution in [0, 0.1) is 5.82 Å². The Morgan fingerprint density at radius 2 is 1.81 bits per heavy atom. The average molecular weight is 508 g/mol. The maximum atomic E-state index is 14.4. The van der Waals surface area contributed by atoms with E-state index < -0.39 is 17.3 Å². The molecule has 196 valence electrons. The summed E-state index contributed by atoms with van der Waals surface area (Å²) in [6.07, 6.45) is 1.80. The van der Waals surface area contributed by atoms with Crippen LogP contribution < -0.4 is 5.56 Å². The summed E-state index contributed by atoms with van der Waals surface area (Å²) < 4.78 is 21.6. The van der Waals surface area contributed by atoms with Gasteiger partial charge < -0.3 is 14.7 Å². The van der Waals surface area contributed by atoms with Gasteiger partial charge in [-0.3, -0.25) is 14.2 Å². The van der Waals surface area contributed by atoms with E-state index in [0.29, 0.717) is 37.1 Å². The zero-order valence-electron chi connectivity index (χ0n) is 21.8. The molecule has 1 saturated heterocycles. The van der Waals surface area contributed by atoms with Crippen LogP contribution in [0.3, 0.4) is 0 Å². The van der Waals surface area contributed by atoms with Crippen molar-refractivity contribution in [3.8, 4) is 11.6 Å². The number of ether oxygens (including phenoxy) is 1. The van der Waals surface area contributed by atoms with Crippen LogP contribution in [-0.2, 0) is 24.2 Å². The van der Waals surface area contributed by atoms with Crippen molar-refractivity contribution in [2.45, 2.75) is 65.6 Å². The van der Waals surface area contributed by atoms with Crippen LogP contribution in [0.5, 0.6) is 5.88 Å². The number of rotatable bonds is 8. The fourth-order valence-corrected chi connectivity index (χ4v) is 4.98. The second kappa shape index (κ2) is 11.3. The van der Waals surface area contributed by atoms with Crippen molar-refractivity contribution < 1.29 is 19.0 Å². The summed E-state index contributed by atoms with van der Waals surface area (Å²) in [6.45, 7) is 8.36. The highest BCUT2D eigenvalue weighted by molar-refractivity contribution is 5.96. The first-order chi connectivity index (χ1) is 17.8. The number of benzene rings is 2. The smallest absolute Gasteiger partial charge is 0.289 e. The van der Waals surface area contributed by atoms with Crippen LogP contribution in [0.15, 0.2) is 47.3 Å². The third kappa shape index (κ3) is 5.30. The van der Waals surface area contributed by atoms with Crippen LogP contribution in [0.4, 0.5) is 4.39 Å². The van der Waals surface area contributed by atoms with E-state index in [0.717, 1.165) is 11.1 Å². The van der Waals surface area contributed by atoms with Crippen molar-refractivity contribution in [1.29, 1.82) is 0 Å². The number of nitrogens with zero attached hydrogens (tertiary/aromatic N) is 3. The summed E-state index contributed by atoms with van der Waals surface area (Å²) in [4.78, 5) is 32.5. The number of para-hydroxylation sites is 1. The molecule has 1 atom stereocenters. The first-order valence-corrected chi connectivity index (χ1v) is 12.9. The molecule has 1 aromatic heterocycles. The Morgan fingerprint density at radius 1 is 1.14 bits per heavy atom. The summed E-state index contributed by atoms with van der Waals surface area (Å²) in [7, 11) is 0. The largest absolute Gasteiger partial charge is 0.493 e. The van der Waals surface area contributed by atoms with E-state index in [-0.39, 0.29) is 42.4 Å². The molecule has 1 N–H and O–H groups in total. The van der Waals surface area contributed by atoms with Crippen LogP contribution in [0.1, 0.15) is 72.9 Å². The highest BCUT2D eigenvalue weighted by Crippen LogP contribution is 2.32. The molecule has 37 heavy (non-hydrogen) atoms. The van der Waals surface area contributed by atoms with Gasteiger partial charge in [-0.25, -0.2) is 4.39 Å². The standard InChI is InChI=1S/C29H34FN3O4/c1-5-19-10-9-11-20(6-2)26(19)33-24(17-37-18(3)4)31-27(34)25(29(33)36)28(35)32-15-14-21(16-32)22-12-7-8-13-23(22)30/h7-13,18,21,36H,5-6,14-17H2,1-4H3. The lowest BCUT2D eigenvalue weighted by Crippen LogP contribution is -2.35. The van der Waals surface area contributed by atoms with Gasteiger partial charge in [-0.05, 0) is 55.9 Å². The van der Waals surface area contributed by atoms with Gasteiger partial charge >= 0.3 is 0 Å². The molecule has 7 nitrogen and oxygen atoms in total. The fourth-order valence-electron chi connectivity index (χ4n) is 4.98. The minimum absolute atomic E-state index is 0.00475. The van der Waals surface area contributed by atoms with E-state index in [1.54, 1.807) is 18.2 Å². The van der Waals surface area contributed by atoms with Gasteiger partial charge in [-0.1, -0.05) is 50.2 Å². The maximum absolute atomic E-state index is 14.4. The van der Waals surface area contributed by atoms with Crippen LogP contribution in [0.2, 0.25) is 0 Å². The van der Waals surface area contributed by atoms with Crippen molar-refractivity contribution in [2.24, 2.45) is 0 Å². The SMILES string of the molecule is CCc1cccc(CC)c1-n1c(COC(C)C)nc(=O)c(C(=O)N2CCC(c3ccccc3F)C2)c1O. The lowest BCUT2D eigenvalue weighted by molar-refractivity contribution is 0.0591. The molecule has 1 amide bonds. The number of carbonyl (C=O) groups is 1. The molecule has 1 fully saturated rings. The van der Waals surface area contributed by atoms with Gasteiger partial charge in [0.15, 0.2) is 5.56 Å². The zero-order chi connectivity index (χ0) is 26.7. The van der Waals surface area contributed by atoms with Crippen LogP contribution >= 0.6 is 0 Å². The molecular formula is C29H34FN3O4. The zero-order valence-corrected chi connectivity index (χ0v) is 21.8. The Hall–Kier alpha value is -3.52. The molecule has 0 aliphatic carbocycles. The highest BCUT2D eigenvalue weighted by atomic mass is 19.1. The lowest BCUT2D eigenvalue weighted by Gasteiger charge is -2.23. The van der Waals surface area contributed by atoms with Crippen molar-refractivity contribution in [1.82, 2.24) is 14.5 Å². The number of amides is 1. The topological polar surface area (TPSA) is 84.7 Å². The molecule has 2 heterocycles. The summed E-state index contributed by atoms with van der Waals surface area (Å²) in [5.41, 5.74) is 1.97. The van der Waals surface area contributed by atoms with Crippen molar-refractivity contribution in [3.63, 3.8) is 0 Å². The minimum atomic E-state index is -0.803. The summed E-state index contributed by atoms with van der Waals surface area (Å²) in [6, 6.07) is 12.4. The predicted molar refractivity (Wildman–Crippen MR) is 140 cm³/mol. The Kier molecular flexibility index (Phi) is 8.07. The van der Waals surface area contributed by atoms with Gasteiger partial charge in [0.05, 0.1) is 11.8 Å². The lowest BCUT2D eigenvalue weighted by atomic mass is 9.98. The van der Waals surface area contributed by atoms with Crippen LogP contribution in [0.25, 0.3) is 5.69 Å². The van der Waals surface area contributed by atoms with Crippen molar-refractivity contribution in [3.05, 3.63) is 86.7 Å². The van der Waals surface area contributed by atoms with Gasteiger partial charge in [-0.15, -0.1) is 0 Å². The van der Waals surface area contributed by atoms with Crippen molar-refractivity contribution >= 4 is 5.91 Å². The number of halogens is 1. The molecule has 3 aromatic rings. The van der Waals surface area contributed by atoms with Crippen molar-refractivity contribution in [2.75, 3.05) is 13.1 Å². The monoisotopic (exact) mass is 507 g/mol. The molecule has 0 radical (unpaired) electrons. The molecular weight excluding hydrogens is 473 g/mol. The summed E-state index contributed by atoms with van der Waals surface area (Å²) >= 11 is 0. The summed E-state index contributed by atoms with van der Waals surface area (Å²) in [5, 5.41) is 11.5. The minimum Gasteiger partial charge on any atom is -0.493 e. The molecule has 1 aliphatic rings. The fraction of sp³-hybridized carbons (Fsp3) is 0.414. The Balaban J connectivity index is 1.80. The highest BCUT2D eigenvalue weighted by Gasteiger charge is 2.34. The second-order valence-corrected chi connectivity index (χ2v) is 9.62. The molecule has 2 aromatic carbocycles. The molecule has 1 aliphatic heterocycles. The van der Waals surface area contributed by atoms with Gasteiger partial charge in [0.1, 0.15) is 18.2 Å². The van der Waals surface area contributed by atoms with Gasteiger partial charge in [0, 0.05) is 19.0 Å². The predicted octanol–water partition coefficient (Wildman–Crippen LogP) is 4.76. The van der Waals surface area contributed by atoms with E-state index in [1.165, 1.54) is 15.5 Å². The first-order valence-electron chi connectivity index (χ1n) is 12.9. The van der Waals surface area contributed by atoms with E-state index in [1.807, 2.05) is 45.9 Å². The number of likely N-dealkylation sites (tertiary alicyclic amines) is 1. The van der Waals surface area contributed by atoms with Gasteiger partial charge in [0.25, 0.3) is 11.5 Å². The van der Waals surface area contributed by atoms with E-state index in [9.17, 15) is 19.1 Å². The van der Waals surface area contributed by atoms with Crippen LogP contribution in [-0.4, -0.2) is 44.7 Å². The van der Waals surface area contributed by atoms with E-state index in [4.69, 9.17) is 4.74 Å². The van der Waals surface area contributed by atoms with Gasteiger partial charge in [0.2, 0.25) is 5.88 Å². The Bertz CT molecular complexity index is 1330. The molecule has 1 unspecified atom stereocenters. The molecule has 0 saturated carbocycles. The Morgan fingerprint density at radius 3 is 2.43 bits per heavy atom. The number of aryl methyl sites for hydroxylation is 2. The number of hydrogen-bond acceptors (Lipinski definition) is 5. The van der Waals surface area contributed by atoms with E-state index in [2.05, 4.69) is 4.98 Å². The second-order valence-electron chi connectivity index (χ2n) is 9.62. The number of aromatic nitrogens is 2. The summed E-state index contributed by atoms with van der Waals surface area (Å²) in [5.74, 6) is -1.32. The number of hydrogen-bond donors (Lipinski definition) is 1. The molecule has 0 spiro atoms. The van der Waals surface area contributed by atoms with Gasteiger partial charge in [-0.2, -0.15) is 4.98 Å². The first kappa shape index (κ1) is 26.5. The molecule has 4 rings (SSSR count). The third-order valence-electron chi connectivity index (χ3n) is 6.91. The quantitative estimate of drug-likeness (QED) is 0.475. The number of aromatic hydroxyl groups is 1. The van der Waals surface area contributed by atoms with E-state index >= 15 is 0 Å². The number of carbonyl (C=O) groups excluding carboxylic acids is 1. The maximum Gasteiger partial charge on any atom is 0.289 e. The molecule has 8 heteroatoms. The normalized spacial score (nSPS) is 15.5.